The van der Waals surface area contributed by atoms with Gasteiger partial charge in [0.2, 0.25) is 5.75 Å². The number of methoxy groups -OCH3 is 3. The van der Waals surface area contributed by atoms with E-state index in [9.17, 15) is 0 Å². The maximum absolute atomic E-state index is 5.43. The summed E-state index contributed by atoms with van der Waals surface area (Å²) >= 11 is 0. The Labute approximate surface area is 196 Å². The van der Waals surface area contributed by atoms with Gasteiger partial charge in [-0.15, -0.1) is 24.0 Å². The molecule has 0 heterocycles. The van der Waals surface area contributed by atoms with Crippen molar-refractivity contribution in [3.8, 4) is 17.2 Å². The Morgan fingerprint density at radius 1 is 0.933 bits per heavy atom. The van der Waals surface area contributed by atoms with Gasteiger partial charge in [0.05, 0.1) is 21.3 Å². The molecule has 2 aromatic rings. The molecule has 0 bridgehead atoms. The first kappa shape index (κ1) is 24.1. The molecule has 6 nitrogen and oxygen atoms in total. The van der Waals surface area contributed by atoms with E-state index in [1.165, 1.54) is 18.4 Å². The van der Waals surface area contributed by atoms with Crippen molar-refractivity contribution in [2.75, 3.05) is 34.9 Å². The van der Waals surface area contributed by atoms with Gasteiger partial charge in [0, 0.05) is 20.1 Å². The fourth-order valence-electron chi connectivity index (χ4n) is 3.54. The van der Waals surface area contributed by atoms with Gasteiger partial charge in [-0.05, 0) is 47.9 Å². The summed E-state index contributed by atoms with van der Waals surface area (Å²) in [6.07, 6.45) is 3.60. The molecule has 164 valence electrons. The third kappa shape index (κ3) is 6.17. The second kappa shape index (κ2) is 11.3. The lowest BCUT2D eigenvalue weighted by atomic mass is 9.96. The van der Waals surface area contributed by atoms with Crippen molar-refractivity contribution in [1.29, 1.82) is 0 Å². The number of benzene rings is 2. The van der Waals surface area contributed by atoms with Crippen LogP contribution in [0.5, 0.6) is 17.2 Å². The summed E-state index contributed by atoms with van der Waals surface area (Å²) in [5.41, 5.74) is 2.76. The molecule has 0 atom stereocenters. The SMILES string of the molecule is CN=C(NCc1cc(OC)c(OC)c(OC)c1)NCC1(Cc2ccccc2)CC1.I. The van der Waals surface area contributed by atoms with Crippen molar-refractivity contribution in [3.63, 3.8) is 0 Å². The first-order valence-corrected chi connectivity index (χ1v) is 9.90. The number of nitrogens with zero attached hydrogens (tertiary/aromatic N) is 1. The van der Waals surface area contributed by atoms with Crippen molar-refractivity contribution in [3.05, 3.63) is 53.6 Å². The Morgan fingerprint density at radius 2 is 1.57 bits per heavy atom. The smallest absolute Gasteiger partial charge is 0.203 e. The molecule has 1 aliphatic rings. The van der Waals surface area contributed by atoms with Gasteiger partial charge in [-0.2, -0.15) is 0 Å². The molecule has 0 radical (unpaired) electrons. The van der Waals surface area contributed by atoms with Crippen LogP contribution < -0.4 is 24.8 Å². The third-order valence-electron chi connectivity index (χ3n) is 5.42. The number of nitrogens with one attached hydrogen (secondary N) is 2. The lowest BCUT2D eigenvalue weighted by molar-refractivity contribution is 0.323. The molecule has 0 aromatic heterocycles. The summed E-state index contributed by atoms with van der Waals surface area (Å²) in [4.78, 5) is 4.37. The van der Waals surface area contributed by atoms with Gasteiger partial charge in [-0.3, -0.25) is 4.99 Å². The molecule has 1 aliphatic carbocycles. The number of hydrogen-bond acceptors (Lipinski definition) is 4. The van der Waals surface area contributed by atoms with Gasteiger partial charge in [0.25, 0.3) is 0 Å². The molecule has 7 heteroatoms. The van der Waals surface area contributed by atoms with E-state index in [4.69, 9.17) is 14.2 Å². The zero-order valence-electron chi connectivity index (χ0n) is 18.2. The van der Waals surface area contributed by atoms with Crippen LogP contribution in [0, 0.1) is 5.41 Å². The van der Waals surface area contributed by atoms with Crippen LogP contribution in [0.4, 0.5) is 0 Å². The highest BCUT2D eigenvalue weighted by atomic mass is 127. The van der Waals surface area contributed by atoms with E-state index in [1.807, 2.05) is 12.1 Å². The van der Waals surface area contributed by atoms with Crippen LogP contribution in [0.3, 0.4) is 0 Å². The summed E-state index contributed by atoms with van der Waals surface area (Å²) in [5, 5.41) is 6.87. The Balaban J connectivity index is 0.00000320. The van der Waals surface area contributed by atoms with E-state index < -0.39 is 0 Å². The van der Waals surface area contributed by atoms with E-state index in [2.05, 4.69) is 46.0 Å². The summed E-state index contributed by atoms with van der Waals surface area (Å²) in [6, 6.07) is 14.6. The van der Waals surface area contributed by atoms with Crippen LogP contribution in [-0.2, 0) is 13.0 Å². The monoisotopic (exact) mass is 525 g/mol. The molecular formula is C23H32IN3O3. The molecule has 3 rings (SSSR count). The molecule has 2 aromatic carbocycles. The zero-order chi connectivity index (χ0) is 20.7. The normalized spacial score (nSPS) is 14.3. The zero-order valence-corrected chi connectivity index (χ0v) is 20.5. The lowest BCUT2D eigenvalue weighted by Gasteiger charge is -2.19. The number of aliphatic imine (C=N–C) groups is 1. The highest BCUT2D eigenvalue weighted by Gasteiger charge is 2.42. The number of hydrogen-bond donors (Lipinski definition) is 2. The Morgan fingerprint density at radius 3 is 2.07 bits per heavy atom. The first-order valence-electron chi connectivity index (χ1n) is 9.90. The number of rotatable bonds is 9. The molecular weight excluding hydrogens is 493 g/mol. The number of halogens is 1. The minimum atomic E-state index is 0. The average Bonchev–Trinajstić information content (AvgIpc) is 3.53. The highest BCUT2D eigenvalue weighted by molar-refractivity contribution is 14.0. The second-order valence-electron chi connectivity index (χ2n) is 7.48. The van der Waals surface area contributed by atoms with Crippen molar-refractivity contribution in [2.45, 2.75) is 25.8 Å². The van der Waals surface area contributed by atoms with Crippen LogP contribution in [-0.4, -0.2) is 40.9 Å². The third-order valence-corrected chi connectivity index (χ3v) is 5.42. The molecule has 1 saturated carbocycles. The van der Waals surface area contributed by atoms with E-state index in [0.717, 1.165) is 24.5 Å². The minimum absolute atomic E-state index is 0. The Bertz CT molecular complexity index is 814. The molecule has 0 amide bonds. The van der Waals surface area contributed by atoms with E-state index >= 15 is 0 Å². The summed E-state index contributed by atoms with van der Waals surface area (Å²) in [6.45, 7) is 1.51. The number of guanidine groups is 1. The van der Waals surface area contributed by atoms with Crippen LogP contribution in [0.15, 0.2) is 47.5 Å². The maximum Gasteiger partial charge on any atom is 0.203 e. The largest absolute Gasteiger partial charge is 0.493 e. The molecule has 0 spiro atoms. The molecule has 30 heavy (non-hydrogen) atoms. The molecule has 0 aliphatic heterocycles. The highest BCUT2D eigenvalue weighted by Crippen LogP contribution is 2.47. The molecule has 0 saturated heterocycles. The topological polar surface area (TPSA) is 64.1 Å². The predicted octanol–water partition coefficient (Wildman–Crippen LogP) is 4.02. The minimum Gasteiger partial charge on any atom is -0.493 e. The second-order valence-corrected chi connectivity index (χ2v) is 7.48. The fraction of sp³-hybridized carbons (Fsp3) is 0.435. The maximum atomic E-state index is 5.43. The van der Waals surface area contributed by atoms with Gasteiger partial charge in [-0.25, -0.2) is 0 Å². The van der Waals surface area contributed by atoms with Gasteiger partial charge in [-0.1, -0.05) is 30.3 Å². The van der Waals surface area contributed by atoms with E-state index in [0.29, 0.717) is 29.2 Å². The van der Waals surface area contributed by atoms with Crippen LogP contribution in [0.1, 0.15) is 24.0 Å². The van der Waals surface area contributed by atoms with Crippen molar-refractivity contribution in [2.24, 2.45) is 10.4 Å². The van der Waals surface area contributed by atoms with Gasteiger partial charge in [0.15, 0.2) is 17.5 Å². The summed E-state index contributed by atoms with van der Waals surface area (Å²) in [5.74, 6) is 2.67. The van der Waals surface area contributed by atoms with E-state index in [1.54, 1.807) is 28.4 Å². The van der Waals surface area contributed by atoms with Crippen molar-refractivity contribution in [1.82, 2.24) is 10.6 Å². The van der Waals surface area contributed by atoms with Gasteiger partial charge >= 0.3 is 0 Å². The summed E-state index contributed by atoms with van der Waals surface area (Å²) in [7, 11) is 6.64. The molecule has 2 N–H and O–H groups in total. The quantitative estimate of drug-likeness (QED) is 0.294. The first-order chi connectivity index (χ1) is 14.1. The number of ether oxygens (including phenoxy) is 3. The fourth-order valence-corrected chi connectivity index (χ4v) is 3.54. The van der Waals surface area contributed by atoms with Crippen molar-refractivity contribution >= 4 is 29.9 Å². The van der Waals surface area contributed by atoms with Crippen LogP contribution in [0.2, 0.25) is 0 Å². The molecule has 0 unspecified atom stereocenters. The van der Waals surface area contributed by atoms with E-state index in [-0.39, 0.29) is 24.0 Å². The van der Waals surface area contributed by atoms with Crippen molar-refractivity contribution < 1.29 is 14.2 Å². The lowest BCUT2D eigenvalue weighted by Crippen LogP contribution is -2.40. The molecule has 1 fully saturated rings. The Kier molecular flexibility index (Phi) is 9.08. The average molecular weight is 525 g/mol. The summed E-state index contributed by atoms with van der Waals surface area (Å²) < 4.78 is 16.2. The van der Waals surface area contributed by atoms with Crippen LogP contribution >= 0.6 is 24.0 Å². The predicted molar refractivity (Wildman–Crippen MR) is 132 cm³/mol. The van der Waals surface area contributed by atoms with Gasteiger partial charge < -0.3 is 24.8 Å². The standard InChI is InChI=1S/C23H31N3O3.HI/c1-24-22(26-16-23(10-11-23)14-17-8-6-5-7-9-17)25-15-18-12-19(27-2)21(29-4)20(13-18)28-3;/h5-9,12-13H,10-11,14-16H2,1-4H3,(H2,24,25,26);1H. The van der Waals surface area contributed by atoms with Crippen LogP contribution in [0.25, 0.3) is 0 Å². The van der Waals surface area contributed by atoms with Gasteiger partial charge in [0.1, 0.15) is 0 Å². The Hall–Kier alpha value is -2.16.